The molecule has 4 N–H and O–H groups in total. The molecule has 6 fully saturated rings. The van der Waals surface area contributed by atoms with E-state index in [4.69, 9.17) is 28.4 Å². The fourth-order valence-electron chi connectivity index (χ4n) is 12.3. The van der Waals surface area contributed by atoms with Gasteiger partial charge in [-0.25, -0.2) is 4.79 Å². The minimum absolute atomic E-state index is 0.151. The van der Waals surface area contributed by atoms with Gasteiger partial charge in [0.1, 0.15) is 17.8 Å². The average molecular weight is 662 g/mol. The normalized spacial score (nSPS) is 50.7. The van der Waals surface area contributed by atoms with Crippen molar-refractivity contribution in [2.24, 2.45) is 28.6 Å². The Labute approximate surface area is 274 Å². The van der Waals surface area contributed by atoms with Gasteiger partial charge in [0.25, 0.3) is 0 Å². The number of piperidine rings is 1. The molecular formula is C34H47NO12. The number of carbonyl (C=O) groups is 2. The van der Waals surface area contributed by atoms with Crippen molar-refractivity contribution in [2.45, 2.75) is 86.2 Å². The molecule has 7 rings (SSSR count). The number of aliphatic hydroxyl groups is 4. The maximum atomic E-state index is 13.8. The van der Waals surface area contributed by atoms with Crippen LogP contribution in [0.5, 0.6) is 0 Å². The quantitative estimate of drug-likeness (QED) is 0.256. The molecule has 5 aliphatic carbocycles. The lowest BCUT2D eigenvalue weighted by Crippen LogP contribution is -2.88. The number of aliphatic hydroxyl groups excluding tert-OH is 2. The van der Waals surface area contributed by atoms with Crippen molar-refractivity contribution < 1.29 is 58.4 Å². The minimum Gasteiger partial charge on any atom is -0.453 e. The summed E-state index contributed by atoms with van der Waals surface area (Å²) >= 11 is 0. The van der Waals surface area contributed by atoms with Crippen LogP contribution in [0.3, 0.4) is 0 Å². The van der Waals surface area contributed by atoms with Crippen LogP contribution in [0.1, 0.15) is 37.0 Å². The smallest absolute Gasteiger partial charge is 0.338 e. The summed E-state index contributed by atoms with van der Waals surface area (Å²) in [5, 5.41) is 50.9. The Balaban J connectivity index is 1.57. The van der Waals surface area contributed by atoms with Crippen molar-refractivity contribution in [3.8, 4) is 0 Å². The first-order chi connectivity index (χ1) is 22.4. The third kappa shape index (κ3) is 3.60. The van der Waals surface area contributed by atoms with Crippen LogP contribution in [0.4, 0.5) is 0 Å². The summed E-state index contributed by atoms with van der Waals surface area (Å²) in [6.07, 6.45) is -7.30. The van der Waals surface area contributed by atoms with Crippen molar-refractivity contribution in [2.75, 3.05) is 48.1 Å². The number of ether oxygens (including phenoxy) is 6. The number of likely N-dealkylation sites (tertiary alicyclic amines) is 1. The molecule has 2 unspecified atom stereocenters. The van der Waals surface area contributed by atoms with Crippen LogP contribution in [-0.2, 0) is 33.2 Å². The zero-order valence-electron chi connectivity index (χ0n) is 27.7. The Bertz CT molecular complexity index is 1410. The molecule has 13 nitrogen and oxygen atoms in total. The Morgan fingerprint density at radius 3 is 2.30 bits per heavy atom. The summed E-state index contributed by atoms with van der Waals surface area (Å²) in [4.78, 5) is 29.2. The molecule has 0 aromatic heterocycles. The Hall–Kier alpha value is -2.20. The fourth-order valence-corrected chi connectivity index (χ4v) is 12.3. The third-order valence-corrected chi connectivity index (χ3v) is 13.3. The van der Waals surface area contributed by atoms with Crippen LogP contribution in [0.25, 0.3) is 0 Å². The van der Waals surface area contributed by atoms with Gasteiger partial charge in [0.15, 0.2) is 17.3 Å². The van der Waals surface area contributed by atoms with Gasteiger partial charge < -0.3 is 48.8 Å². The highest BCUT2D eigenvalue weighted by Crippen LogP contribution is 2.81. The van der Waals surface area contributed by atoms with Crippen molar-refractivity contribution in [1.82, 2.24) is 4.90 Å². The minimum atomic E-state index is -2.35. The van der Waals surface area contributed by atoms with E-state index in [1.165, 1.54) is 21.1 Å². The van der Waals surface area contributed by atoms with Gasteiger partial charge in [-0.05, 0) is 25.1 Å². The molecule has 0 radical (unpaired) electrons. The number of hydrogen-bond acceptors (Lipinski definition) is 13. The summed E-state index contributed by atoms with van der Waals surface area (Å²) in [5.41, 5.74) is -8.47. The molecule has 5 saturated carbocycles. The van der Waals surface area contributed by atoms with E-state index in [2.05, 4.69) is 4.90 Å². The highest BCUT2D eigenvalue weighted by atomic mass is 16.6. The number of benzene rings is 1. The summed E-state index contributed by atoms with van der Waals surface area (Å²) in [6.45, 7) is 4.24. The molecule has 6 aliphatic rings. The first kappa shape index (κ1) is 33.3. The van der Waals surface area contributed by atoms with E-state index in [1.54, 1.807) is 44.6 Å². The summed E-state index contributed by atoms with van der Waals surface area (Å²) in [5.74, 6) is -4.10. The maximum absolute atomic E-state index is 13.8. The molecular weight excluding hydrogens is 614 g/mol. The number of fused-ring (bicyclic) bond motifs is 2. The number of esters is 2. The lowest BCUT2D eigenvalue weighted by Gasteiger charge is -2.72. The number of nitrogens with zero attached hydrogens (tertiary/aromatic N) is 1. The molecule has 15 atom stereocenters. The Morgan fingerprint density at radius 2 is 1.72 bits per heavy atom. The predicted molar refractivity (Wildman–Crippen MR) is 162 cm³/mol. The molecule has 0 amide bonds. The number of rotatable bonds is 9. The van der Waals surface area contributed by atoms with E-state index < -0.39 is 100.0 Å². The molecule has 1 aliphatic heterocycles. The lowest BCUT2D eigenvalue weighted by molar-refractivity contribution is -0.372. The van der Waals surface area contributed by atoms with Gasteiger partial charge in [-0.1, -0.05) is 25.1 Å². The van der Waals surface area contributed by atoms with Crippen molar-refractivity contribution in [3.63, 3.8) is 0 Å². The fraction of sp³-hybridized carbons (Fsp3) is 0.765. The SMILES string of the molecule is CCN1C[C@@]2(COC)C3[C@@H](OC)[C@@H]4C1[C@@]3([C@@H](OC)C[C@H]2O)[C@@H]1C[C@]2(O)[C@@H](OC)[C@H](O)[C@@]4(OC(C)=O)[C@@]1(O)[C@H]2OC(=O)c1ccccc1. The van der Waals surface area contributed by atoms with Crippen LogP contribution in [0.15, 0.2) is 30.3 Å². The van der Waals surface area contributed by atoms with E-state index in [0.29, 0.717) is 13.1 Å². The van der Waals surface area contributed by atoms with Gasteiger partial charge in [0.05, 0.1) is 30.5 Å². The third-order valence-electron chi connectivity index (χ3n) is 13.3. The van der Waals surface area contributed by atoms with E-state index in [9.17, 15) is 30.0 Å². The van der Waals surface area contributed by atoms with Gasteiger partial charge in [-0.2, -0.15) is 0 Å². The van der Waals surface area contributed by atoms with E-state index in [-0.39, 0.29) is 25.0 Å². The maximum Gasteiger partial charge on any atom is 0.338 e. The van der Waals surface area contributed by atoms with Crippen molar-refractivity contribution >= 4 is 11.9 Å². The standard InChI is InChI=1S/C34H47NO12/c1-7-35-15-30(16-42-3)20(37)13-21(43-4)32-19-14-31(40)27(45-6)26(38)34(47-17(2)36,22(25(32)35)23(44-5)24(30)32)33(19,41)29(31)46-28(39)18-11-9-8-10-12-18/h8-12,19-27,29,37-38,40-41H,7,13-16H2,1-6H3/t19-,20+,21-,22+,23-,24?,25?,26-,27-,29-,30-,31-,32+,33-,34+/m0/s1. The highest BCUT2D eigenvalue weighted by molar-refractivity contribution is 5.89. The number of carbonyl (C=O) groups excluding carboxylic acids is 2. The predicted octanol–water partition coefficient (Wildman–Crippen LogP) is -0.237. The van der Waals surface area contributed by atoms with Gasteiger partial charge in [-0.15, -0.1) is 0 Å². The molecule has 1 aromatic rings. The van der Waals surface area contributed by atoms with E-state index in [1.807, 2.05) is 6.92 Å². The second-order valence-electron chi connectivity index (χ2n) is 14.6. The zero-order chi connectivity index (χ0) is 33.9. The van der Waals surface area contributed by atoms with Crippen molar-refractivity contribution in [3.05, 3.63) is 35.9 Å². The average Bonchev–Trinajstić information content (AvgIpc) is 3.39. The summed E-state index contributed by atoms with van der Waals surface area (Å²) in [6, 6.07) is 7.67. The first-order valence-corrected chi connectivity index (χ1v) is 16.4. The van der Waals surface area contributed by atoms with Crippen LogP contribution in [-0.4, -0.2) is 145 Å². The zero-order valence-corrected chi connectivity index (χ0v) is 27.7. The second kappa shape index (κ2) is 10.9. The van der Waals surface area contributed by atoms with Gasteiger partial charge in [0.2, 0.25) is 0 Å². The molecule has 1 saturated heterocycles. The monoisotopic (exact) mass is 661 g/mol. The van der Waals surface area contributed by atoms with E-state index in [0.717, 1.165) is 0 Å². The second-order valence-corrected chi connectivity index (χ2v) is 14.6. The molecule has 1 heterocycles. The molecule has 260 valence electrons. The topological polar surface area (TPSA) is 174 Å². The highest BCUT2D eigenvalue weighted by Gasteiger charge is 2.96. The Morgan fingerprint density at radius 1 is 1.02 bits per heavy atom. The van der Waals surface area contributed by atoms with Crippen LogP contribution in [0, 0.1) is 28.6 Å². The molecule has 13 heteroatoms. The number of hydrogen-bond donors (Lipinski definition) is 4. The molecule has 1 spiro atoms. The largest absolute Gasteiger partial charge is 0.453 e. The Kier molecular flexibility index (Phi) is 7.72. The van der Waals surface area contributed by atoms with Crippen molar-refractivity contribution in [1.29, 1.82) is 0 Å². The molecule has 47 heavy (non-hydrogen) atoms. The van der Waals surface area contributed by atoms with E-state index >= 15 is 0 Å². The van der Waals surface area contributed by atoms with Gasteiger partial charge in [-0.3, -0.25) is 9.69 Å². The molecule has 7 bridgehead atoms. The molecule has 1 aromatic carbocycles. The number of methoxy groups -OCH3 is 4. The van der Waals surface area contributed by atoms with Gasteiger partial charge in [0, 0.05) is 83.0 Å². The van der Waals surface area contributed by atoms with Crippen LogP contribution >= 0.6 is 0 Å². The van der Waals surface area contributed by atoms with Crippen LogP contribution in [0.2, 0.25) is 0 Å². The lowest BCUT2D eigenvalue weighted by atomic mass is 9.41. The summed E-state index contributed by atoms with van der Waals surface area (Å²) in [7, 11) is 5.98. The van der Waals surface area contributed by atoms with Crippen LogP contribution < -0.4 is 0 Å². The summed E-state index contributed by atoms with van der Waals surface area (Å²) < 4.78 is 36.9. The first-order valence-electron chi connectivity index (χ1n) is 16.4. The van der Waals surface area contributed by atoms with Gasteiger partial charge >= 0.3 is 11.9 Å².